The zero-order valence-electron chi connectivity index (χ0n) is 27.2. The van der Waals surface area contributed by atoms with E-state index < -0.39 is 22.7 Å². The summed E-state index contributed by atoms with van der Waals surface area (Å²) >= 11 is 6.32. The maximum Gasteiger partial charge on any atom is 0.419 e. The van der Waals surface area contributed by atoms with E-state index >= 15 is 0 Å². The topological polar surface area (TPSA) is 108 Å². The first-order valence-electron chi connectivity index (χ1n) is 15.3. The molecule has 1 atom stereocenters. The number of halogens is 4. The van der Waals surface area contributed by atoms with Crippen LogP contribution in [-0.4, -0.2) is 71.6 Å². The Bertz CT molecular complexity index is 1240. The number of aromatic nitrogens is 2. The maximum atomic E-state index is 12.9. The van der Waals surface area contributed by atoms with Gasteiger partial charge in [-0.2, -0.15) is 13.2 Å². The van der Waals surface area contributed by atoms with Crippen molar-refractivity contribution in [2.75, 3.05) is 45.9 Å². The van der Waals surface area contributed by atoms with Crippen molar-refractivity contribution in [2.45, 2.75) is 83.9 Å². The van der Waals surface area contributed by atoms with Crippen LogP contribution in [0.25, 0.3) is 0 Å². The Hall–Kier alpha value is -2.48. The number of benzene rings is 1. The number of ether oxygens (including phenoxy) is 1. The highest BCUT2D eigenvalue weighted by atomic mass is 35.5. The normalized spacial score (nSPS) is 16.8. The molecule has 45 heavy (non-hydrogen) atoms. The van der Waals surface area contributed by atoms with Gasteiger partial charge in [-0.3, -0.25) is 4.79 Å². The number of aryl methyl sites for hydroxylation is 1. The fraction of sp³-hybridized carbons (Fsp3) is 0.645. The Labute approximate surface area is 273 Å². The average Bonchev–Trinajstić information content (AvgIpc) is 2.99. The SMILES string of the molecule is CCCC1CCCCC1.CNS(C)=O.COc1cc(C(=O)NC2CCN(C)CC2)c(Cl)cc1Nc1ncc(C(F)(F)F)c(C)n1. The molecule has 2 heterocycles. The first-order chi connectivity index (χ1) is 21.3. The summed E-state index contributed by atoms with van der Waals surface area (Å²) in [5.41, 5.74) is -0.567. The van der Waals surface area contributed by atoms with Crippen molar-refractivity contribution in [1.29, 1.82) is 0 Å². The van der Waals surface area contributed by atoms with Gasteiger partial charge in [0, 0.05) is 18.5 Å². The van der Waals surface area contributed by atoms with E-state index in [2.05, 4.69) is 37.1 Å². The smallest absolute Gasteiger partial charge is 0.419 e. The van der Waals surface area contributed by atoms with Crippen molar-refractivity contribution in [2.24, 2.45) is 5.92 Å². The second-order valence-electron chi connectivity index (χ2n) is 11.3. The fourth-order valence-corrected chi connectivity index (χ4v) is 5.47. The lowest BCUT2D eigenvalue weighted by Gasteiger charge is -2.29. The number of likely N-dealkylation sites (tertiary alicyclic amines) is 1. The molecule has 0 bridgehead atoms. The maximum absolute atomic E-state index is 12.9. The van der Waals surface area contributed by atoms with Crippen molar-refractivity contribution in [3.05, 3.63) is 40.2 Å². The summed E-state index contributed by atoms with van der Waals surface area (Å²) in [4.78, 5) is 22.5. The Morgan fingerprint density at radius 2 is 1.78 bits per heavy atom. The zero-order chi connectivity index (χ0) is 33.6. The van der Waals surface area contributed by atoms with E-state index in [4.69, 9.17) is 16.3 Å². The van der Waals surface area contributed by atoms with Crippen LogP contribution in [0.3, 0.4) is 0 Å². The number of hydrogen-bond donors (Lipinski definition) is 3. The van der Waals surface area contributed by atoms with Gasteiger partial charge in [0.1, 0.15) is 5.75 Å². The highest BCUT2D eigenvalue weighted by molar-refractivity contribution is 7.82. The number of rotatable bonds is 8. The fourth-order valence-electron chi connectivity index (χ4n) is 5.22. The summed E-state index contributed by atoms with van der Waals surface area (Å²) in [6.07, 6.45) is 9.89. The molecule has 1 aromatic carbocycles. The Morgan fingerprint density at radius 1 is 1.16 bits per heavy atom. The molecule has 14 heteroatoms. The number of anilines is 2. The second kappa shape index (κ2) is 19.2. The predicted molar refractivity (Wildman–Crippen MR) is 176 cm³/mol. The van der Waals surface area contributed by atoms with Crippen LogP contribution in [0.4, 0.5) is 24.8 Å². The van der Waals surface area contributed by atoms with Crippen molar-refractivity contribution in [1.82, 2.24) is 24.9 Å². The van der Waals surface area contributed by atoms with Gasteiger partial charge < -0.3 is 20.3 Å². The second-order valence-corrected chi connectivity index (χ2v) is 13.1. The van der Waals surface area contributed by atoms with Crippen molar-refractivity contribution in [3.8, 4) is 5.75 Å². The molecule has 2 aromatic rings. The molecule has 1 aliphatic heterocycles. The Kier molecular flexibility index (Phi) is 16.5. The van der Waals surface area contributed by atoms with E-state index in [0.29, 0.717) is 11.9 Å². The summed E-state index contributed by atoms with van der Waals surface area (Å²) in [6.45, 7) is 5.35. The summed E-state index contributed by atoms with van der Waals surface area (Å²) in [6, 6.07) is 3.00. The summed E-state index contributed by atoms with van der Waals surface area (Å²) in [5.74, 6) is 1.01. The van der Waals surface area contributed by atoms with Crippen molar-refractivity contribution in [3.63, 3.8) is 0 Å². The van der Waals surface area contributed by atoms with E-state index in [1.807, 2.05) is 7.05 Å². The summed E-state index contributed by atoms with van der Waals surface area (Å²) in [7, 11) is 4.27. The molecular weight excluding hydrogens is 629 g/mol. The van der Waals surface area contributed by atoms with Gasteiger partial charge in [-0.25, -0.2) is 18.9 Å². The molecule has 2 fully saturated rings. The minimum Gasteiger partial charge on any atom is -0.495 e. The average molecular weight is 677 g/mol. The number of methoxy groups -OCH3 is 1. The molecule has 254 valence electrons. The lowest BCUT2D eigenvalue weighted by atomic mass is 9.86. The number of carbonyl (C=O) groups excluding carboxylic acids is 1. The third-order valence-electron chi connectivity index (χ3n) is 7.83. The molecule has 1 aromatic heterocycles. The van der Waals surface area contributed by atoms with E-state index in [1.165, 1.54) is 71.1 Å². The minimum absolute atomic E-state index is 0.0524. The predicted octanol–water partition coefficient (Wildman–Crippen LogP) is 6.90. The number of piperidine rings is 1. The lowest BCUT2D eigenvalue weighted by molar-refractivity contribution is -0.138. The van der Waals surface area contributed by atoms with Gasteiger partial charge in [0.2, 0.25) is 5.95 Å². The van der Waals surface area contributed by atoms with E-state index in [0.717, 1.165) is 31.8 Å². The van der Waals surface area contributed by atoms with Crippen LogP contribution in [0.15, 0.2) is 18.3 Å². The molecule has 0 radical (unpaired) electrons. The Balaban J connectivity index is 0.000000415. The number of carbonyl (C=O) groups is 1. The highest BCUT2D eigenvalue weighted by Gasteiger charge is 2.33. The molecule has 1 aliphatic carbocycles. The van der Waals surface area contributed by atoms with Crippen LogP contribution in [0.2, 0.25) is 5.02 Å². The molecule has 1 unspecified atom stereocenters. The summed E-state index contributed by atoms with van der Waals surface area (Å²) in [5, 5.41) is 5.95. The quantitative estimate of drug-likeness (QED) is 0.279. The van der Waals surface area contributed by atoms with Crippen LogP contribution in [0.5, 0.6) is 5.75 Å². The molecular formula is C31H48ClF3N6O3S. The van der Waals surface area contributed by atoms with E-state index in [9.17, 15) is 22.2 Å². The molecule has 1 amide bonds. The molecule has 0 spiro atoms. The van der Waals surface area contributed by atoms with Crippen molar-refractivity contribution >= 4 is 40.1 Å². The van der Waals surface area contributed by atoms with Gasteiger partial charge in [0.15, 0.2) is 0 Å². The van der Waals surface area contributed by atoms with Gasteiger partial charge in [-0.1, -0.05) is 63.5 Å². The molecule has 1 saturated heterocycles. The molecule has 3 N–H and O–H groups in total. The van der Waals surface area contributed by atoms with Crippen LogP contribution >= 0.6 is 11.6 Å². The third-order valence-corrected chi connectivity index (χ3v) is 8.72. The highest BCUT2D eigenvalue weighted by Crippen LogP contribution is 2.35. The van der Waals surface area contributed by atoms with Crippen LogP contribution < -0.4 is 20.1 Å². The van der Waals surface area contributed by atoms with Crippen LogP contribution in [0.1, 0.15) is 86.3 Å². The van der Waals surface area contributed by atoms with Crippen LogP contribution in [-0.2, 0) is 17.2 Å². The number of nitrogens with one attached hydrogen (secondary N) is 3. The zero-order valence-corrected chi connectivity index (χ0v) is 28.7. The van der Waals surface area contributed by atoms with Gasteiger partial charge in [0.05, 0.1) is 45.6 Å². The lowest BCUT2D eigenvalue weighted by Crippen LogP contribution is -2.43. The van der Waals surface area contributed by atoms with Crippen molar-refractivity contribution < 1.29 is 26.9 Å². The molecule has 2 aliphatic rings. The van der Waals surface area contributed by atoms with Gasteiger partial charge in [0.25, 0.3) is 5.91 Å². The standard InChI is InChI=1S/C20H23ClF3N5O2.C9H18.C2H7NOS/c1-11-14(20(22,23)24)10-25-19(26-11)28-16-9-15(21)13(8-17(16)31-3)18(30)27-12-4-6-29(2)7-5-12;1-2-6-9-7-4-3-5-8-9;1-3-5(2)4/h8-10,12H,4-7H2,1-3H3,(H,27,30)(H,25,26,28);9H,2-8H2,1H3;3H,1-2H3. The Morgan fingerprint density at radius 3 is 2.29 bits per heavy atom. The summed E-state index contributed by atoms with van der Waals surface area (Å²) < 4.78 is 56.4. The first kappa shape index (κ1) is 38.7. The third kappa shape index (κ3) is 13.4. The van der Waals surface area contributed by atoms with Gasteiger partial charge in [-0.05, 0) is 65.0 Å². The molecule has 4 rings (SSSR count). The number of hydrogen-bond acceptors (Lipinski definition) is 7. The number of nitrogens with zero attached hydrogens (tertiary/aromatic N) is 3. The van der Waals surface area contributed by atoms with Gasteiger partial charge >= 0.3 is 6.18 Å². The molecule has 1 saturated carbocycles. The first-order valence-corrected chi connectivity index (χ1v) is 17.3. The van der Waals surface area contributed by atoms with E-state index in [-0.39, 0.29) is 39.9 Å². The van der Waals surface area contributed by atoms with Crippen LogP contribution in [0, 0.1) is 12.8 Å². The largest absolute Gasteiger partial charge is 0.495 e. The number of amides is 1. The minimum atomic E-state index is -4.54. The van der Waals surface area contributed by atoms with E-state index in [1.54, 1.807) is 13.3 Å². The number of alkyl halides is 3. The van der Waals surface area contributed by atoms with Gasteiger partial charge in [-0.15, -0.1) is 0 Å². The monoisotopic (exact) mass is 676 g/mol. The molecule has 9 nitrogen and oxygen atoms in total.